The molecule has 1 aromatic rings. The lowest BCUT2D eigenvalue weighted by atomic mass is 9.74. The first-order valence-corrected chi connectivity index (χ1v) is 13.0. The number of benzene rings is 1. The maximum Gasteiger partial charge on any atom is 0.246 e. The average Bonchev–Trinajstić information content (AvgIpc) is 3.43. The van der Waals surface area contributed by atoms with E-state index < -0.39 is 35.1 Å². The van der Waals surface area contributed by atoms with Crippen LogP contribution in [0.15, 0.2) is 40.9 Å². The van der Waals surface area contributed by atoms with Crippen molar-refractivity contribution in [3.05, 3.63) is 40.9 Å². The van der Waals surface area contributed by atoms with Gasteiger partial charge in [0, 0.05) is 21.7 Å². The molecule has 0 aromatic heterocycles. The van der Waals surface area contributed by atoms with Crippen molar-refractivity contribution in [2.75, 3.05) is 5.32 Å². The van der Waals surface area contributed by atoms with E-state index in [0.29, 0.717) is 5.69 Å². The fraction of sp³-hybridized carbons (Fsp3) is 0.577. The van der Waals surface area contributed by atoms with E-state index in [4.69, 9.17) is 4.74 Å². The summed E-state index contributed by atoms with van der Waals surface area (Å²) < 4.78 is 7.30. The molecular weight excluding hydrogens is 498 g/mol. The number of anilines is 1. The van der Waals surface area contributed by atoms with Crippen LogP contribution in [-0.2, 0) is 19.1 Å². The van der Waals surface area contributed by atoms with Gasteiger partial charge in [0.1, 0.15) is 11.6 Å². The average molecular weight is 530 g/mol. The smallest absolute Gasteiger partial charge is 0.246 e. The minimum absolute atomic E-state index is 0.118. The largest absolute Gasteiger partial charge is 0.359 e. The Morgan fingerprint density at radius 1 is 1.09 bits per heavy atom. The highest BCUT2D eigenvalue weighted by atomic mass is 79.9. The molecule has 3 heterocycles. The number of rotatable bonds is 4. The number of likely N-dealkylation sites (tertiary alicyclic amines) is 1. The fourth-order valence-corrected chi connectivity index (χ4v) is 6.44. The third kappa shape index (κ3) is 3.79. The molecule has 1 spiro atoms. The van der Waals surface area contributed by atoms with E-state index in [9.17, 15) is 14.4 Å². The van der Waals surface area contributed by atoms with Gasteiger partial charge in [-0.05, 0) is 57.9 Å². The van der Waals surface area contributed by atoms with Crippen LogP contribution in [0.1, 0.15) is 52.9 Å². The Hall–Kier alpha value is -2.19. The number of carbonyl (C=O) groups excluding carboxylic acids is 3. The summed E-state index contributed by atoms with van der Waals surface area (Å²) in [5, 5.41) is 6.16. The highest BCUT2D eigenvalue weighted by Crippen LogP contribution is 2.56. The molecule has 3 amide bonds. The second kappa shape index (κ2) is 8.48. The first-order valence-electron chi connectivity index (χ1n) is 12.2. The molecule has 1 aliphatic carbocycles. The standard InChI is InChI=1S/C26H32BrN3O4/c1-25(2,3)30-21(23(32)29-16-7-5-4-6-8-16)26-14-13-18(34-26)19(20(26)24(30)33)22(31)28-17-11-9-15(27)10-12-17/h9-14,16,18-21H,4-8H2,1-3H3,(H,28,31)(H,29,32). The van der Waals surface area contributed by atoms with E-state index in [1.165, 1.54) is 6.42 Å². The number of nitrogens with zero attached hydrogens (tertiary/aromatic N) is 1. The van der Waals surface area contributed by atoms with Crippen LogP contribution in [0.25, 0.3) is 0 Å². The molecule has 8 heteroatoms. The van der Waals surface area contributed by atoms with Crippen molar-refractivity contribution in [2.24, 2.45) is 11.8 Å². The maximum atomic E-state index is 13.9. The summed E-state index contributed by atoms with van der Waals surface area (Å²) in [4.78, 5) is 42.7. The van der Waals surface area contributed by atoms with Crippen molar-refractivity contribution in [3.8, 4) is 0 Å². The van der Waals surface area contributed by atoms with Crippen molar-refractivity contribution in [3.63, 3.8) is 0 Å². The summed E-state index contributed by atoms with van der Waals surface area (Å²) in [7, 11) is 0. The zero-order valence-corrected chi connectivity index (χ0v) is 21.4. The van der Waals surface area contributed by atoms with Crippen molar-refractivity contribution < 1.29 is 19.1 Å². The molecule has 2 bridgehead atoms. The van der Waals surface area contributed by atoms with Gasteiger partial charge in [-0.2, -0.15) is 0 Å². The van der Waals surface area contributed by atoms with Crippen LogP contribution in [0.2, 0.25) is 0 Å². The predicted molar refractivity (Wildman–Crippen MR) is 132 cm³/mol. The summed E-state index contributed by atoms with van der Waals surface area (Å²) in [5.74, 6) is -2.08. The second-order valence-corrected chi connectivity index (χ2v) is 11.8. The molecule has 3 aliphatic heterocycles. The lowest BCUT2D eigenvalue weighted by Crippen LogP contribution is -2.60. The molecular formula is C26H32BrN3O4. The first-order chi connectivity index (χ1) is 16.1. The molecule has 2 saturated heterocycles. The van der Waals surface area contributed by atoms with Gasteiger partial charge in [0.25, 0.3) is 0 Å². The highest BCUT2D eigenvalue weighted by molar-refractivity contribution is 9.10. The van der Waals surface area contributed by atoms with Crippen molar-refractivity contribution in [1.82, 2.24) is 10.2 Å². The lowest BCUT2D eigenvalue weighted by molar-refractivity contribution is -0.146. The number of carbonyl (C=O) groups is 3. The van der Waals surface area contributed by atoms with Crippen LogP contribution in [0.3, 0.4) is 0 Å². The third-order valence-corrected chi connectivity index (χ3v) is 8.14. The number of hydrogen-bond acceptors (Lipinski definition) is 4. The predicted octanol–water partition coefficient (Wildman–Crippen LogP) is 3.79. The van der Waals surface area contributed by atoms with Gasteiger partial charge in [-0.15, -0.1) is 0 Å². The van der Waals surface area contributed by atoms with Gasteiger partial charge in [0.2, 0.25) is 17.7 Å². The van der Waals surface area contributed by atoms with Gasteiger partial charge in [-0.3, -0.25) is 14.4 Å². The Morgan fingerprint density at radius 3 is 2.41 bits per heavy atom. The molecule has 34 heavy (non-hydrogen) atoms. The number of hydrogen-bond donors (Lipinski definition) is 2. The van der Waals surface area contributed by atoms with E-state index in [0.717, 1.165) is 30.2 Å². The number of nitrogens with one attached hydrogen (secondary N) is 2. The van der Waals surface area contributed by atoms with Crippen LogP contribution in [-0.4, -0.2) is 51.9 Å². The Balaban J connectivity index is 1.46. The zero-order valence-electron chi connectivity index (χ0n) is 19.8. The van der Waals surface area contributed by atoms with Crippen LogP contribution >= 0.6 is 15.9 Å². The maximum absolute atomic E-state index is 13.9. The summed E-state index contributed by atoms with van der Waals surface area (Å²) in [5.41, 5.74) is -1.08. The van der Waals surface area contributed by atoms with Crippen molar-refractivity contribution >= 4 is 39.3 Å². The highest BCUT2D eigenvalue weighted by Gasteiger charge is 2.73. The van der Waals surface area contributed by atoms with E-state index in [1.807, 2.05) is 45.1 Å². The Bertz CT molecular complexity index is 1030. The van der Waals surface area contributed by atoms with Gasteiger partial charge in [-0.1, -0.05) is 47.3 Å². The molecule has 182 valence electrons. The molecule has 7 nitrogen and oxygen atoms in total. The third-order valence-electron chi connectivity index (χ3n) is 7.61. The quantitative estimate of drug-likeness (QED) is 0.581. The molecule has 1 aromatic carbocycles. The summed E-state index contributed by atoms with van der Waals surface area (Å²) in [6, 6.07) is 6.62. The van der Waals surface area contributed by atoms with Crippen LogP contribution in [0.5, 0.6) is 0 Å². The molecule has 5 atom stereocenters. The van der Waals surface area contributed by atoms with E-state index in [1.54, 1.807) is 17.0 Å². The van der Waals surface area contributed by atoms with E-state index in [2.05, 4.69) is 26.6 Å². The van der Waals surface area contributed by atoms with Gasteiger partial charge in [-0.25, -0.2) is 0 Å². The Morgan fingerprint density at radius 2 is 1.76 bits per heavy atom. The SMILES string of the molecule is CC(C)(C)N1C(=O)C2C(C(=O)Nc3ccc(Br)cc3)C3C=CC2(O3)C1C(=O)NC1CCCCC1. The number of fused-ring (bicyclic) bond motifs is 1. The molecule has 5 rings (SSSR count). The van der Waals surface area contributed by atoms with Crippen molar-refractivity contribution in [1.29, 1.82) is 0 Å². The van der Waals surface area contributed by atoms with Gasteiger partial charge < -0.3 is 20.3 Å². The summed E-state index contributed by atoms with van der Waals surface area (Å²) in [6.45, 7) is 5.78. The van der Waals surface area contributed by atoms with Gasteiger partial charge in [0.05, 0.1) is 17.9 Å². The van der Waals surface area contributed by atoms with E-state index in [-0.39, 0.29) is 23.8 Å². The van der Waals surface area contributed by atoms with Crippen LogP contribution in [0.4, 0.5) is 5.69 Å². The fourth-order valence-electron chi connectivity index (χ4n) is 6.18. The minimum atomic E-state index is -1.13. The summed E-state index contributed by atoms with van der Waals surface area (Å²) >= 11 is 3.40. The normalized spacial score (nSPS) is 32.7. The Kier molecular flexibility index (Phi) is 5.88. The minimum Gasteiger partial charge on any atom is -0.359 e. The Labute approximate surface area is 208 Å². The lowest BCUT2D eigenvalue weighted by Gasteiger charge is -2.40. The molecule has 5 unspecified atom stereocenters. The topological polar surface area (TPSA) is 87.7 Å². The molecule has 3 fully saturated rings. The van der Waals surface area contributed by atoms with E-state index >= 15 is 0 Å². The van der Waals surface area contributed by atoms with Crippen LogP contribution < -0.4 is 10.6 Å². The monoisotopic (exact) mass is 529 g/mol. The second-order valence-electron chi connectivity index (χ2n) is 10.9. The van der Waals surface area contributed by atoms with Crippen molar-refractivity contribution in [2.45, 2.75) is 82.2 Å². The number of ether oxygens (including phenoxy) is 1. The first kappa shape index (κ1) is 23.5. The molecule has 1 saturated carbocycles. The zero-order chi connectivity index (χ0) is 24.3. The molecule has 2 N–H and O–H groups in total. The molecule has 0 radical (unpaired) electrons. The number of halogens is 1. The van der Waals surface area contributed by atoms with Crippen LogP contribution in [0, 0.1) is 11.8 Å². The number of amides is 3. The summed E-state index contributed by atoms with van der Waals surface area (Å²) in [6.07, 6.45) is 8.48. The van der Waals surface area contributed by atoms with Gasteiger partial charge >= 0.3 is 0 Å². The molecule has 4 aliphatic rings. The van der Waals surface area contributed by atoms with Gasteiger partial charge in [0.15, 0.2) is 0 Å².